The summed E-state index contributed by atoms with van der Waals surface area (Å²) in [6.45, 7) is 2.04. The third-order valence-corrected chi connectivity index (χ3v) is 4.24. The Labute approximate surface area is 158 Å². The summed E-state index contributed by atoms with van der Waals surface area (Å²) < 4.78 is 47.7. The third-order valence-electron chi connectivity index (χ3n) is 4.24. The zero-order valence-corrected chi connectivity index (χ0v) is 15.1. The van der Waals surface area contributed by atoms with Crippen LogP contribution in [0.5, 0.6) is 5.75 Å². The van der Waals surface area contributed by atoms with Crippen LogP contribution in [-0.2, 0) is 12.7 Å². The smallest absolute Gasteiger partial charge is 0.453 e. The number of alkyl halides is 3. The summed E-state index contributed by atoms with van der Waals surface area (Å²) in [6.07, 6.45) is -1.15. The van der Waals surface area contributed by atoms with Gasteiger partial charge in [0.2, 0.25) is 0 Å². The highest BCUT2D eigenvalue weighted by molar-refractivity contribution is 5.56. The van der Waals surface area contributed by atoms with Crippen molar-refractivity contribution in [2.45, 2.75) is 19.6 Å². The van der Waals surface area contributed by atoms with Crippen LogP contribution in [0.2, 0.25) is 0 Å². The van der Waals surface area contributed by atoms with Gasteiger partial charge in [0.15, 0.2) is 5.82 Å². The number of hydrogen-bond acceptors (Lipinski definition) is 4. The Morgan fingerprint density at radius 3 is 2.43 bits per heavy atom. The standard InChI is InChI=1S/C19H16F3N5O/c1-12-3-8-16-23-15(11-26(16)9-12)17-24-18(19(20,21)22)25-27(17)10-13-4-6-14(28-2)7-5-13/h3-9,11H,10H2,1-2H3. The fraction of sp³-hybridized carbons (Fsp3) is 0.211. The highest BCUT2D eigenvalue weighted by Gasteiger charge is 2.37. The monoisotopic (exact) mass is 387 g/mol. The zero-order chi connectivity index (χ0) is 19.9. The van der Waals surface area contributed by atoms with E-state index in [0.717, 1.165) is 11.1 Å². The number of imidazole rings is 1. The molecular formula is C19H16F3N5O. The number of hydrogen-bond donors (Lipinski definition) is 0. The van der Waals surface area contributed by atoms with Gasteiger partial charge in [0.1, 0.15) is 17.1 Å². The summed E-state index contributed by atoms with van der Waals surface area (Å²) in [7, 11) is 1.55. The van der Waals surface area contributed by atoms with E-state index in [1.54, 1.807) is 48.0 Å². The first-order valence-electron chi connectivity index (χ1n) is 8.44. The fourth-order valence-electron chi connectivity index (χ4n) is 2.88. The molecule has 4 rings (SSSR count). The average Bonchev–Trinajstić information content (AvgIpc) is 3.25. The predicted octanol–water partition coefficient (Wildman–Crippen LogP) is 3.98. The van der Waals surface area contributed by atoms with Gasteiger partial charge in [0, 0.05) is 12.4 Å². The number of aryl methyl sites for hydroxylation is 1. The van der Waals surface area contributed by atoms with Gasteiger partial charge < -0.3 is 9.14 Å². The van der Waals surface area contributed by atoms with Gasteiger partial charge in [0.25, 0.3) is 5.82 Å². The van der Waals surface area contributed by atoms with E-state index in [0.29, 0.717) is 17.1 Å². The zero-order valence-electron chi connectivity index (χ0n) is 15.1. The molecule has 0 saturated heterocycles. The molecule has 9 heteroatoms. The van der Waals surface area contributed by atoms with Crippen LogP contribution < -0.4 is 4.74 Å². The van der Waals surface area contributed by atoms with Gasteiger partial charge in [-0.1, -0.05) is 18.2 Å². The number of halogens is 3. The highest BCUT2D eigenvalue weighted by atomic mass is 19.4. The van der Waals surface area contributed by atoms with Gasteiger partial charge in [-0.2, -0.15) is 13.2 Å². The molecule has 1 aromatic carbocycles. The Balaban J connectivity index is 1.78. The van der Waals surface area contributed by atoms with Crippen molar-refractivity contribution < 1.29 is 17.9 Å². The molecule has 0 unspecified atom stereocenters. The lowest BCUT2D eigenvalue weighted by Crippen LogP contribution is -2.09. The summed E-state index contributed by atoms with van der Waals surface area (Å²) in [6, 6.07) is 10.7. The molecule has 144 valence electrons. The molecular weight excluding hydrogens is 371 g/mol. The van der Waals surface area contributed by atoms with Crippen molar-refractivity contribution in [1.82, 2.24) is 24.1 Å². The lowest BCUT2D eigenvalue weighted by molar-refractivity contribution is -0.144. The van der Waals surface area contributed by atoms with Crippen LogP contribution in [0, 0.1) is 6.92 Å². The number of rotatable bonds is 4. The van der Waals surface area contributed by atoms with Gasteiger partial charge in [0.05, 0.1) is 13.7 Å². The van der Waals surface area contributed by atoms with Crippen molar-refractivity contribution in [3.05, 3.63) is 65.7 Å². The van der Waals surface area contributed by atoms with Crippen LogP contribution >= 0.6 is 0 Å². The van der Waals surface area contributed by atoms with Crippen LogP contribution in [0.15, 0.2) is 48.8 Å². The van der Waals surface area contributed by atoms with Gasteiger partial charge in [-0.3, -0.25) is 0 Å². The minimum absolute atomic E-state index is 0.0597. The quantitative estimate of drug-likeness (QED) is 0.532. The summed E-state index contributed by atoms with van der Waals surface area (Å²) in [4.78, 5) is 8.13. The van der Waals surface area contributed by atoms with E-state index in [9.17, 15) is 13.2 Å². The third kappa shape index (κ3) is 3.42. The van der Waals surface area contributed by atoms with Crippen LogP contribution in [0.1, 0.15) is 17.0 Å². The molecule has 3 aromatic heterocycles. The molecule has 0 radical (unpaired) electrons. The number of pyridine rings is 1. The molecule has 6 nitrogen and oxygen atoms in total. The SMILES string of the molecule is COc1ccc(Cn2nc(C(F)(F)F)nc2-c2cn3cc(C)ccc3n2)cc1. The van der Waals surface area contributed by atoms with Gasteiger partial charge in [-0.15, -0.1) is 5.10 Å². The van der Waals surface area contributed by atoms with Gasteiger partial charge >= 0.3 is 6.18 Å². The molecule has 0 saturated carbocycles. The van der Waals surface area contributed by atoms with E-state index in [4.69, 9.17) is 4.74 Å². The maximum atomic E-state index is 13.2. The molecule has 3 heterocycles. The normalized spacial score (nSPS) is 11.9. The number of methoxy groups -OCH3 is 1. The lowest BCUT2D eigenvalue weighted by atomic mass is 10.2. The van der Waals surface area contributed by atoms with Gasteiger partial charge in [-0.25, -0.2) is 14.6 Å². The summed E-state index contributed by atoms with van der Waals surface area (Å²) in [5.41, 5.74) is 2.71. The Kier molecular flexibility index (Phi) is 4.29. The topological polar surface area (TPSA) is 57.2 Å². The first-order chi connectivity index (χ1) is 13.3. The molecule has 0 N–H and O–H groups in total. The molecule has 0 bridgehead atoms. The number of nitrogens with zero attached hydrogens (tertiary/aromatic N) is 5. The van der Waals surface area contributed by atoms with E-state index < -0.39 is 12.0 Å². The summed E-state index contributed by atoms with van der Waals surface area (Å²) >= 11 is 0. The first kappa shape index (κ1) is 18.0. The highest BCUT2D eigenvalue weighted by Crippen LogP contribution is 2.29. The molecule has 28 heavy (non-hydrogen) atoms. The van der Waals surface area contributed by atoms with E-state index in [-0.39, 0.29) is 12.4 Å². The first-order valence-corrected chi connectivity index (χ1v) is 8.44. The predicted molar refractivity (Wildman–Crippen MR) is 96.0 cm³/mol. The fourth-order valence-corrected chi connectivity index (χ4v) is 2.88. The minimum atomic E-state index is -4.64. The Morgan fingerprint density at radius 1 is 1.00 bits per heavy atom. The summed E-state index contributed by atoms with van der Waals surface area (Å²) in [5, 5.41) is 3.68. The Bertz CT molecular complexity index is 1130. The van der Waals surface area contributed by atoms with Gasteiger partial charge in [-0.05, 0) is 36.2 Å². The second-order valence-corrected chi connectivity index (χ2v) is 6.36. The van der Waals surface area contributed by atoms with Crippen molar-refractivity contribution in [2.75, 3.05) is 7.11 Å². The van der Waals surface area contributed by atoms with E-state index in [1.165, 1.54) is 4.68 Å². The number of benzene rings is 1. The second-order valence-electron chi connectivity index (χ2n) is 6.36. The molecule has 0 fully saturated rings. The Hall–Kier alpha value is -3.36. The average molecular weight is 387 g/mol. The molecule has 0 spiro atoms. The maximum Gasteiger partial charge on any atom is 0.453 e. The van der Waals surface area contributed by atoms with E-state index in [2.05, 4.69) is 15.1 Å². The van der Waals surface area contributed by atoms with Crippen LogP contribution in [0.25, 0.3) is 17.2 Å². The molecule has 0 aliphatic carbocycles. The number of ether oxygens (including phenoxy) is 1. The maximum absolute atomic E-state index is 13.2. The van der Waals surface area contributed by atoms with Crippen molar-refractivity contribution >= 4 is 5.65 Å². The van der Waals surface area contributed by atoms with Crippen LogP contribution in [0.4, 0.5) is 13.2 Å². The van der Waals surface area contributed by atoms with Crippen LogP contribution in [-0.4, -0.2) is 31.3 Å². The molecule has 0 atom stereocenters. The van der Waals surface area contributed by atoms with E-state index in [1.807, 2.05) is 19.2 Å². The minimum Gasteiger partial charge on any atom is -0.497 e. The van der Waals surface area contributed by atoms with Crippen LogP contribution in [0.3, 0.4) is 0 Å². The van der Waals surface area contributed by atoms with Crippen molar-refractivity contribution in [3.63, 3.8) is 0 Å². The molecule has 0 aliphatic rings. The van der Waals surface area contributed by atoms with E-state index >= 15 is 0 Å². The molecule has 0 amide bonds. The Morgan fingerprint density at radius 2 is 1.75 bits per heavy atom. The molecule has 4 aromatic rings. The second kappa shape index (κ2) is 6.66. The van der Waals surface area contributed by atoms with Crippen molar-refractivity contribution in [1.29, 1.82) is 0 Å². The number of fused-ring (bicyclic) bond motifs is 1. The lowest BCUT2D eigenvalue weighted by Gasteiger charge is -2.06. The summed E-state index contributed by atoms with van der Waals surface area (Å²) in [5.74, 6) is -0.469. The van der Waals surface area contributed by atoms with Crippen molar-refractivity contribution in [3.8, 4) is 17.3 Å². The number of aromatic nitrogens is 5. The van der Waals surface area contributed by atoms with Crippen molar-refractivity contribution in [2.24, 2.45) is 0 Å². The molecule has 0 aliphatic heterocycles. The largest absolute Gasteiger partial charge is 0.497 e.